The van der Waals surface area contributed by atoms with Crippen LogP contribution in [0.25, 0.3) is 0 Å². The Balaban J connectivity index is 1.22. The molecule has 2 aromatic carbocycles. The fraction of sp³-hybridized carbons (Fsp3) is 0.545. The molecule has 2 N–H and O–H groups in total. The normalized spacial score (nSPS) is 12.6. The zero-order chi connectivity index (χ0) is 28.3. The highest BCUT2D eigenvalue weighted by Crippen LogP contribution is 2.28. The number of thioether (sulfide) groups is 1. The van der Waals surface area contributed by atoms with Gasteiger partial charge in [-0.1, -0.05) is 114 Å². The Labute approximate surface area is 251 Å². The number of nitrogens with zero attached hydrogens (tertiary/aromatic N) is 1. The summed E-state index contributed by atoms with van der Waals surface area (Å²) in [4.78, 5) is 14.7. The molecule has 7 heteroatoms. The highest BCUT2D eigenvalue weighted by Gasteiger charge is 2.09. The zero-order valence-corrected chi connectivity index (χ0v) is 25.8. The van der Waals surface area contributed by atoms with Gasteiger partial charge in [-0.25, -0.2) is 4.79 Å². The lowest BCUT2D eigenvalue weighted by Gasteiger charge is -2.15. The molecule has 0 saturated heterocycles. The minimum Gasteiger partial charge on any atom is -0.492 e. The summed E-state index contributed by atoms with van der Waals surface area (Å²) in [6.07, 6.45) is 20.8. The van der Waals surface area contributed by atoms with Gasteiger partial charge in [0.25, 0.3) is 0 Å². The van der Waals surface area contributed by atoms with Crippen LogP contribution in [0.2, 0.25) is 5.02 Å². The van der Waals surface area contributed by atoms with Crippen molar-refractivity contribution in [2.75, 3.05) is 23.1 Å². The summed E-state index contributed by atoms with van der Waals surface area (Å²) in [5, 5.41) is 8.32. The molecule has 2 amide bonds. The van der Waals surface area contributed by atoms with Crippen LogP contribution in [-0.4, -0.2) is 23.4 Å². The second kappa shape index (κ2) is 19.7. The second-order valence-electron chi connectivity index (χ2n) is 10.7. The molecule has 0 bridgehead atoms. The molecule has 0 saturated carbocycles. The molecule has 3 rings (SSSR count). The number of urea groups is 1. The fourth-order valence-electron chi connectivity index (χ4n) is 4.81. The molecule has 2 aromatic rings. The summed E-state index contributed by atoms with van der Waals surface area (Å²) in [5.74, 6) is 1.64. The monoisotopic (exact) mass is 585 g/mol. The Hall–Kier alpha value is -2.31. The van der Waals surface area contributed by atoms with Gasteiger partial charge in [0.05, 0.1) is 17.5 Å². The Morgan fingerprint density at radius 3 is 1.98 bits per heavy atom. The third-order valence-corrected chi connectivity index (χ3v) is 8.24. The maximum Gasteiger partial charge on any atom is 0.323 e. The number of carbonyl (C=O) groups excluding carboxylic acids is 1. The second-order valence-corrected chi connectivity index (χ2v) is 12.0. The summed E-state index contributed by atoms with van der Waals surface area (Å²) < 4.78 is 5.89. The van der Waals surface area contributed by atoms with Crippen LogP contribution in [0, 0.1) is 0 Å². The molecule has 40 heavy (non-hydrogen) atoms. The minimum atomic E-state index is -0.307. The number of halogens is 1. The maximum absolute atomic E-state index is 12.5. The smallest absolute Gasteiger partial charge is 0.323 e. The van der Waals surface area contributed by atoms with Crippen molar-refractivity contribution >= 4 is 40.8 Å². The number of rotatable bonds is 20. The van der Waals surface area contributed by atoms with Gasteiger partial charge in [-0.2, -0.15) is 0 Å². The molecule has 0 unspecified atom stereocenters. The van der Waals surface area contributed by atoms with E-state index in [2.05, 4.69) is 34.1 Å². The molecule has 0 radical (unpaired) electrons. The third kappa shape index (κ3) is 13.4. The van der Waals surface area contributed by atoms with E-state index in [1.807, 2.05) is 36.4 Å². The summed E-state index contributed by atoms with van der Waals surface area (Å²) in [5.41, 5.74) is 2.57. The van der Waals surface area contributed by atoms with Crippen molar-refractivity contribution in [2.24, 2.45) is 0 Å². The topological polar surface area (TPSA) is 53.6 Å². The van der Waals surface area contributed by atoms with E-state index in [1.165, 1.54) is 89.0 Å². The molecule has 0 aliphatic carbocycles. The number of ether oxygens (including phenoxy) is 1. The first kappa shape index (κ1) is 32.2. The van der Waals surface area contributed by atoms with Gasteiger partial charge < -0.3 is 20.3 Å². The van der Waals surface area contributed by atoms with E-state index in [-0.39, 0.29) is 6.03 Å². The van der Waals surface area contributed by atoms with Crippen LogP contribution in [0.1, 0.15) is 102 Å². The predicted molar refractivity (Wildman–Crippen MR) is 173 cm³/mol. The molecule has 1 heterocycles. The van der Waals surface area contributed by atoms with E-state index in [9.17, 15) is 4.79 Å². The van der Waals surface area contributed by atoms with Crippen LogP contribution in [0.4, 0.5) is 16.2 Å². The number of anilines is 2. The molecule has 220 valence electrons. The van der Waals surface area contributed by atoms with Gasteiger partial charge in [-0.3, -0.25) is 0 Å². The molecule has 0 spiro atoms. The molecule has 0 aromatic heterocycles. The standard InChI is InChI=1S/C33H48ClN3O2S/c1-2-3-4-5-6-7-8-9-10-11-12-13-14-15-23-39-32-21-20-30(25-31(32)34)36-33(38)35-29-18-16-28(17-19-29)26-37-22-24-40-27-37/h16-22,24-25H,2-15,23,26-27H2,1H3,(H2,35,36,38). The molecular formula is C33H48ClN3O2S. The molecule has 5 nitrogen and oxygen atoms in total. The minimum absolute atomic E-state index is 0.307. The molecule has 1 aliphatic rings. The number of carbonyl (C=O) groups is 1. The summed E-state index contributed by atoms with van der Waals surface area (Å²) >= 11 is 8.21. The first-order valence-corrected chi connectivity index (χ1v) is 16.7. The van der Waals surface area contributed by atoms with Crippen LogP contribution in [0.15, 0.2) is 54.1 Å². The van der Waals surface area contributed by atoms with Crippen LogP contribution >= 0.6 is 23.4 Å². The summed E-state index contributed by atoms with van der Waals surface area (Å²) in [6.45, 7) is 3.80. The van der Waals surface area contributed by atoms with Crippen molar-refractivity contribution in [2.45, 2.75) is 103 Å². The lowest BCUT2D eigenvalue weighted by Crippen LogP contribution is -2.19. The summed E-state index contributed by atoms with van der Waals surface area (Å²) in [6, 6.07) is 13.0. The Kier molecular flexibility index (Phi) is 15.9. The lowest BCUT2D eigenvalue weighted by molar-refractivity contribution is 0.262. The van der Waals surface area contributed by atoms with Crippen molar-refractivity contribution in [1.82, 2.24) is 4.90 Å². The van der Waals surface area contributed by atoms with E-state index >= 15 is 0 Å². The van der Waals surface area contributed by atoms with Gasteiger partial charge in [0.1, 0.15) is 5.75 Å². The molecule has 0 atom stereocenters. The Bertz CT molecular complexity index is 1020. The predicted octanol–water partition coefficient (Wildman–Crippen LogP) is 10.8. The SMILES string of the molecule is CCCCCCCCCCCCCCCCOc1ccc(NC(=O)Nc2ccc(CN3C=CSC3)cc2)cc1Cl. The highest BCUT2D eigenvalue weighted by atomic mass is 35.5. The Morgan fingerprint density at radius 1 is 0.825 bits per heavy atom. The molecule has 1 aliphatic heterocycles. The average molecular weight is 586 g/mol. The van der Waals surface area contributed by atoms with Crippen molar-refractivity contribution in [3.05, 3.63) is 64.7 Å². The van der Waals surface area contributed by atoms with E-state index in [0.717, 1.165) is 24.5 Å². The number of benzene rings is 2. The van der Waals surface area contributed by atoms with Crippen LogP contribution in [0.3, 0.4) is 0 Å². The van der Waals surface area contributed by atoms with Crippen LogP contribution in [0.5, 0.6) is 5.75 Å². The lowest BCUT2D eigenvalue weighted by atomic mass is 10.0. The fourth-order valence-corrected chi connectivity index (χ4v) is 5.75. The van der Waals surface area contributed by atoms with Gasteiger partial charge >= 0.3 is 6.03 Å². The number of hydrogen-bond acceptors (Lipinski definition) is 4. The van der Waals surface area contributed by atoms with Crippen molar-refractivity contribution < 1.29 is 9.53 Å². The van der Waals surface area contributed by atoms with Crippen molar-refractivity contribution in [3.63, 3.8) is 0 Å². The van der Waals surface area contributed by atoms with Crippen LogP contribution < -0.4 is 15.4 Å². The van der Waals surface area contributed by atoms with Gasteiger partial charge in [0, 0.05) is 24.1 Å². The summed E-state index contributed by atoms with van der Waals surface area (Å²) in [7, 11) is 0. The van der Waals surface area contributed by atoms with E-state index in [0.29, 0.717) is 23.1 Å². The molecular weight excluding hydrogens is 538 g/mol. The number of unbranched alkanes of at least 4 members (excludes halogenated alkanes) is 13. The number of amides is 2. The Morgan fingerprint density at radius 2 is 1.40 bits per heavy atom. The quantitative estimate of drug-likeness (QED) is 0.152. The van der Waals surface area contributed by atoms with Gasteiger partial charge in [0.2, 0.25) is 0 Å². The van der Waals surface area contributed by atoms with E-state index in [1.54, 1.807) is 17.8 Å². The van der Waals surface area contributed by atoms with Crippen molar-refractivity contribution in [3.8, 4) is 5.75 Å². The molecule has 0 fully saturated rings. The number of hydrogen-bond donors (Lipinski definition) is 2. The van der Waals surface area contributed by atoms with Crippen molar-refractivity contribution in [1.29, 1.82) is 0 Å². The first-order chi connectivity index (χ1) is 19.6. The zero-order valence-electron chi connectivity index (χ0n) is 24.3. The van der Waals surface area contributed by atoms with Gasteiger partial charge in [-0.05, 0) is 47.7 Å². The third-order valence-electron chi connectivity index (χ3n) is 7.15. The van der Waals surface area contributed by atoms with E-state index in [4.69, 9.17) is 16.3 Å². The largest absolute Gasteiger partial charge is 0.492 e. The number of nitrogens with one attached hydrogen (secondary N) is 2. The first-order valence-electron chi connectivity index (χ1n) is 15.3. The van der Waals surface area contributed by atoms with Gasteiger partial charge in [0.15, 0.2) is 0 Å². The average Bonchev–Trinajstić information content (AvgIpc) is 3.46. The van der Waals surface area contributed by atoms with E-state index < -0.39 is 0 Å². The highest BCUT2D eigenvalue weighted by molar-refractivity contribution is 8.02. The van der Waals surface area contributed by atoms with Gasteiger partial charge in [-0.15, -0.1) is 11.8 Å². The van der Waals surface area contributed by atoms with Crippen LogP contribution in [-0.2, 0) is 6.54 Å². The maximum atomic E-state index is 12.5.